The van der Waals surface area contributed by atoms with Crippen molar-refractivity contribution in [1.82, 2.24) is 10.3 Å². The number of halogens is 2. The van der Waals surface area contributed by atoms with Crippen LogP contribution in [0.2, 0.25) is 0 Å². The van der Waals surface area contributed by atoms with Crippen molar-refractivity contribution < 1.29 is 22.0 Å². The first kappa shape index (κ1) is 20.6. The molecule has 0 saturated carbocycles. The fourth-order valence-corrected chi connectivity index (χ4v) is 4.59. The molecule has 0 aliphatic heterocycles. The molecular weight excluding hydrogens is 398 g/mol. The van der Waals surface area contributed by atoms with Crippen molar-refractivity contribution in [2.24, 2.45) is 0 Å². The summed E-state index contributed by atoms with van der Waals surface area (Å²) in [4.78, 5) is 16.2. The number of carbonyl (C=O) groups is 1. The number of aryl methyl sites for hydroxylation is 1. The van der Waals surface area contributed by atoms with E-state index in [0.29, 0.717) is 5.56 Å². The highest BCUT2D eigenvalue weighted by molar-refractivity contribution is 7.91. The second-order valence-electron chi connectivity index (χ2n) is 6.42. The summed E-state index contributed by atoms with van der Waals surface area (Å²) >= 11 is 0. The van der Waals surface area contributed by atoms with Crippen molar-refractivity contribution in [2.75, 3.05) is 6.54 Å². The monoisotopic (exact) mass is 416 g/mol. The largest absolute Gasteiger partial charge is 0.350 e. The number of rotatable bonds is 6. The van der Waals surface area contributed by atoms with E-state index < -0.39 is 32.6 Å². The van der Waals surface area contributed by atoms with Crippen LogP contribution in [-0.2, 0) is 9.84 Å². The molecule has 8 heteroatoms. The molecule has 1 unspecified atom stereocenters. The highest BCUT2D eigenvalue weighted by atomic mass is 32.2. The smallest absolute Gasteiger partial charge is 0.254 e. The van der Waals surface area contributed by atoms with Crippen LogP contribution in [0.25, 0.3) is 0 Å². The van der Waals surface area contributed by atoms with Gasteiger partial charge in [-0.3, -0.25) is 9.78 Å². The van der Waals surface area contributed by atoms with Crippen molar-refractivity contribution in [3.8, 4) is 0 Å². The maximum absolute atomic E-state index is 13.8. The third kappa shape index (κ3) is 4.48. The molecule has 3 aromatic rings. The maximum Gasteiger partial charge on any atom is 0.254 e. The molecule has 0 saturated heterocycles. The molecule has 29 heavy (non-hydrogen) atoms. The standard InChI is InChI=1S/C21H18F2N2O3S/c1-14-11-16(8-9-18(14)22)29(27,28)20(15-5-4-10-24-12-15)13-25-21(26)17-6-2-3-7-19(17)23/h2-12,20H,13H2,1H3,(H,25,26). The van der Waals surface area contributed by atoms with Crippen molar-refractivity contribution in [3.05, 3.63) is 95.3 Å². The van der Waals surface area contributed by atoms with Crippen LogP contribution in [0.4, 0.5) is 8.78 Å². The Hall–Kier alpha value is -3.13. The minimum absolute atomic E-state index is 0.0783. The molecule has 0 aliphatic carbocycles. The van der Waals surface area contributed by atoms with Gasteiger partial charge in [-0.05, 0) is 54.4 Å². The van der Waals surface area contributed by atoms with E-state index in [0.717, 1.165) is 12.1 Å². The maximum atomic E-state index is 13.8. The van der Waals surface area contributed by atoms with Gasteiger partial charge in [0.15, 0.2) is 9.84 Å². The van der Waals surface area contributed by atoms with E-state index in [1.165, 1.54) is 49.6 Å². The highest BCUT2D eigenvalue weighted by Gasteiger charge is 2.30. The Morgan fingerprint density at radius 1 is 1.07 bits per heavy atom. The number of hydrogen-bond acceptors (Lipinski definition) is 4. The summed E-state index contributed by atoms with van der Waals surface area (Å²) < 4.78 is 53.9. The zero-order chi connectivity index (χ0) is 21.0. The van der Waals surface area contributed by atoms with Crippen LogP contribution >= 0.6 is 0 Å². The number of amides is 1. The number of nitrogens with zero attached hydrogens (tertiary/aromatic N) is 1. The zero-order valence-electron chi connectivity index (χ0n) is 15.5. The van der Waals surface area contributed by atoms with Gasteiger partial charge >= 0.3 is 0 Å². The van der Waals surface area contributed by atoms with Gasteiger partial charge in [-0.25, -0.2) is 17.2 Å². The average molecular weight is 416 g/mol. The Kier molecular flexibility index (Phi) is 6.03. The van der Waals surface area contributed by atoms with Gasteiger partial charge in [0.1, 0.15) is 16.9 Å². The molecule has 0 aliphatic rings. The number of nitrogens with one attached hydrogen (secondary N) is 1. The Balaban J connectivity index is 1.94. The van der Waals surface area contributed by atoms with Crippen LogP contribution in [0.3, 0.4) is 0 Å². The van der Waals surface area contributed by atoms with Crippen molar-refractivity contribution in [1.29, 1.82) is 0 Å². The van der Waals surface area contributed by atoms with E-state index in [9.17, 15) is 22.0 Å². The van der Waals surface area contributed by atoms with Gasteiger partial charge in [0.05, 0.1) is 10.5 Å². The SMILES string of the molecule is Cc1cc(S(=O)(=O)C(CNC(=O)c2ccccc2F)c2cccnc2)ccc1F. The summed E-state index contributed by atoms with van der Waals surface area (Å²) in [6, 6.07) is 12.1. The molecular formula is C21H18F2N2O3S. The van der Waals surface area contributed by atoms with Crippen LogP contribution in [0.15, 0.2) is 71.9 Å². The first-order valence-electron chi connectivity index (χ1n) is 8.73. The second-order valence-corrected chi connectivity index (χ2v) is 8.55. The Labute approximate surface area is 167 Å². The van der Waals surface area contributed by atoms with E-state index in [4.69, 9.17) is 0 Å². The predicted molar refractivity (Wildman–Crippen MR) is 104 cm³/mol. The third-order valence-corrected chi connectivity index (χ3v) is 6.55. The van der Waals surface area contributed by atoms with Gasteiger partial charge in [-0.1, -0.05) is 18.2 Å². The molecule has 1 aromatic heterocycles. The van der Waals surface area contributed by atoms with E-state index in [2.05, 4.69) is 10.3 Å². The second kappa shape index (κ2) is 8.48. The number of aromatic nitrogens is 1. The molecule has 150 valence electrons. The van der Waals surface area contributed by atoms with Crippen LogP contribution < -0.4 is 5.32 Å². The van der Waals surface area contributed by atoms with Crippen molar-refractivity contribution >= 4 is 15.7 Å². The van der Waals surface area contributed by atoms with Gasteiger partial charge in [-0.15, -0.1) is 0 Å². The molecule has 1 N–H and O–H groups in total. The lowest BCUT2D eigenvalue weighted by molar-refractivity contribution is 0.0949. The predicted octanol–water partition coefficient (Wildman–Crippen LogP) is 3.61. The fraction of sp³-hybridized carbons (Fsp3) is 0.143. The van der Waals surface area contributed by atoms with Crippen molar-refractivity contribution in [3.63, 3.8) is 0 Å². The van der Waals surface area contributed by atoms with Gasteiger partial charge in [-0.2, -0.15) is 0 Å². The van der Waals surface area contributed by atoms with E-state index in [1.807, 2.05) is 0 Å². The minimum atomic E-state index is -4.00. The molecule has 0 spiro atoms. The quantitative estimate of drug-likeness (QED) is 0.623. The summed E-state index contributed by atoms with van der Waals surface area (Å²) in [5.41, 5.74) is 0.349. The summed E-state index contributed by atoms with van der Waals surface area (Å²) in [5.74, 6) is -1.96. The average Bonchev–Trinajstić information content (AvgIpc) is 2.71. The van der Waals surface area contributed by atoms with E-state index in [-0.39, 0.29) is 22.6 Å². The molecule has 0 radical (unpaired) electrons. The van der Waals surface area contributed by atoms with Gasteiger partial charge in [0, 0.05) is 18.9 Å². The van der Waals surface area contributed by atoms with Crippen molar-refractivity contribution in [2.45, 2.75) is 17.1 Å². The lowest BCUT2D eigenvalue weighted by Gasteiger charge is -2.19. The lowest BCUT2D eigenvalue weighted by atomic mass is 10.2. The normalized spacial score (nSPS) is 12.4. The first-order chi connectivity index (χ1) is 13.8. The van der Waals surface area contributed by atoms with E-state index >= 15 is 0 Å². The van der Waals surface area contributed by atoms with Gasteiger partial charge < -0.3 is 5.32 Å². The Morgan fingerprint density at radius 2 is 1.83 bits per heavy atom. The topological polar surface area (TPSA) is 76.1 Å². The summed E-state index contributed by atoms with van der Waals surface area (Å²) in [6.45, 7) is 1.16. The Morgan fingerprint density at radius 3 is 2.48 bits per heavy atom. The summed E-state index contributed by atoms with van der Waals surface area (Å²) in [7, 11) is -4.00. The van der Waals surface area contributed by atoms with Crippen LogP contribution in [0.1, 0.15) is 26.7 Å². The molecule has 0 fully saturated rings. The van der Waals surface area contributed by atoms with E-state index in [1.54, 1.807) is 12.1 Å². The summed E-state index contributed by atoms with van der Waals surface area (Å²) in [5, 5.41) is 1.30. The number of sulfone groups is 1. The van der Waals surface area contributed by atoms with Gasteiger partial charge in [0.2, 0.25) is 0 Å². The number of benzene rings is 2. The fourth-order valence-electron chi connectivity index (χ4n) is 2.86. The van der Waals surface area contributed by atoms with Crippen LogP contribution in [0.5, 0.6) is 0 Å². The number of pyridine rings is 1. The number of hydrogen-bond donors (Lipinski definition) is 1. The Bertz CT molecular complexity index is 1140. The molecule has 1 atom stereocenters. The van der Waals surface area contributed by atoms with Crippen LogP contribution in [0, 0.1) is 18.6 Å². The van der Waals surface area contributed by atoms with Gasteiger partial charge in [0.25, 0.3) is 5.91 Å². The molecule has 2 aromatic carbocycles. The molecule has 5 nitrogen and oxygen atoms in total. The molecule has 1 heterocycles. The minimum Gasteiger partial charge on any atom is -0.350 e. The third-order valence-electron chi connectivity index (χ3n) is 4.46. The lowest BCUT2D eigenvalue weighted by Crippen LogP contribution is -2.32. The molecule has 0 bridgehead atoms. The molecule has 1 amide bonds. The highest BCUT2D eigenvalue weighted by Crippen LogP contribution is 2.29. The number of carbonyl (C=O) groups excluding carboxylic acids is 1. The summed E-state index contributed by atoms with van der Waals surface area (Å²) in [6.07, 6.45) is 2.88. The van der Waals surface area contributed by atoms with Crippen LogP contribution in [-0.4, -0.2) is 25.9 Å². The first-order valence-corrected chi connectivity index (χ1v) is 10.3. The zero-order valence-corrected chi connectivity index (χ0v) is 16.3. The molecule has 3 rings (SSSR count).